The molecular weight excluding hydrogens is 382 g/mol. The minimum Gasteiger partial charge on any atom is -0.497 e. The van der Waals surface area contributed by atoms with Gasteiger partial charge in [-0.15, -0.1) is 0 Å². The van der Waals surface area contributed by atoms with E-state index in [-0.39, 0.29) is 16.5 Å². The van der Waals surface area contributed by atoms with Crippen LogP contribution >= 0.6 is 0 Å². The summed E-state index contributed by atoms with van der Waals surface area (Å²) in [5.41, 5.74) is 0.402. The lowest BCUT2D eigenvalue weighted by Gasteiger charge is -2.21. The van der Waals surface area contributed by atoms with E-state index in [9.17, 15) is 18.0 Å². The predicted octanol–water partition coefficient (Wildman–Crippen LogP) is 2.76. The van der Waals surface area contributed by atoms with Crippen LogP contribution < -0.4 is 4.74 Å². The van der Waals surface area contributed by atoms with E-state index in [0.29, 0.717) is 11.3 Å². The summed E-state index contributed by atoms with van der Waals surface area (Å²) in [4.78, 5) is 24.5. The number of methoxy groups -OCH3 is 1. The normalized spacial score (nSPS) is 11.5. The second-order valence-electron chi connectivity index (χ2n) is 6.37. The summed E-state index contributed by atoms with van der Waals surface area (Å²) in [6.45, 7) is 3.04. The van der Waals surface area contributed by atoms with E-state index < -0.39 is 28.4 Å². The lowest BCUT2D eigenvalue weighted by atomic mass is 10.1. The Morgan fingerprint density at radius 3 is 2.32 bits per heavy atom. The summed E-state index contributed by atoms with van der Waals surface area (Å²) in [5, 5.41) is 0. The van der Waals surface area contributed by atoms with Gasteiger partial charge in [-0.2, -0.15) is 4.31 Å². The maximum Gasteiger partial charge on any atom is 0.338 e. The van der Waals surface area contributed by atoms with Gasteiger partial charge in [0.25, 0.3) is 0 Å². The van der Waals surface area contributed by atoms with Crippen LogP contribution in [0.25, 0.3) is 0 Å². The SMILES string of the molecule is COc1cccc(C(=O)COC(=O)c2cccc(S(=O)(=O)N(C)C(C)C)c2)c1. The number of carbonyl (C=O) groups is 2. The van der Waals surface area contributed by atoms with Crippen LogP contribution in [0.2, 0.25) is 0 Å². The summed E-state index contributed by atoms with van der Waals surface area (Å²) in [6, 6.07) is 11.8. The van der Waals surface area contributed by atoms with Gasteiger partial charge >= 0.3 is 5.97 Å². The molecular formula is C20H23NO6S. The minimum atomic E-state index is -3.73. The van der Waals surface area contributed by atoms with Crippen LogP contribution in [0.3, 0.4) is 0 Å². The van der Waals surface area contributed by atoms with Crippen molar-refractivity contribution >= 4 is 21.8 Å². The number of ether oxygens (including phenoxy) is 2. The first-order valence-corrected chi connectivity index (χ1v) is 10.0. The van der Waals surface area contributed by atoms with Gasteiger partial charge in [-0.1, -0.05) is 18.2 Å². The Morgan fingerprint density at radius 2 is 1.68 bits per heavy atom. The Labute approximate surface area is 164 Å². The fourth-order valence-electron chi connectivity index (χ4n) is 2.32. The van der Waals surface area contributed by atoms with Crippen molar-refractivity contribution in [2.24, 2.45) is 0 Å². The molecule has 0 aliphatic heterocycles. The number of benzene rings is 2. The zero-order valence-corrected chi connectivity index (χ0v) is 17.0. The number of esters is 1. The number of sulfonamides is 1. The average Bonchev–Trinajstić information content (AvgIpc) is 2.71. The van der Waals surface area contributed by atoms with Crippen molar-refractivity contribution in [3.05, 3.63) is 59.7 Å². The van der Waals surface area contributed by atoms with Crippen molar-refractivity contribution in [2.75, 3.05) is 20.8 Å². The van der Waals surface area contributed by atoms with Crippen molar-refractivity contribution < 1.29 is 27.5 Å². The third-order valence-electron chi connectivity index (χ3n) is 4.20. The first-order chi connectivity index (χ1) is 13.2. The highest BCUT2D eigenvalue weighted by molar-refractivity contribution is 7.89. The quantitative estimate of drug-likeness (QED) is 0.496. The third-order valence-corrected chi connectivity index (χ3v) is 6.23. The molecule has 150 valence electrons. The highest BCUT2D eigenvalue weighted by Crippen LogP contribution is 2.19. The number of ketones is 1. The van der Waals surface area contributed by atoms with Crippen molar-refractivity contribution in [2.45, 2.75) is 24.8 Å². The molecule has 7 nitrogen and oxygen atoms in total. The third kappa shape index (κ3) is 4.96. The van der Waals surface area contributed by atoms with E-state index in [4.69, 9.17) is 9.47 Å². The van der Waals surface area contributed by atoms with E-state index in [1.54, 1.807) is 38.1 Å². The first kappa shape index (κ1) is 21.6. The number of hydrogen-bond donors (Lipinski definition) is 0. The monoisotopic (exact) mass is 405 g/mol. The van der Waals surface area contributed by atoms with Crippen LogP contribution in [0.4, 0.5) is 0 Å². The predicted molar refractivity (Wildman–Crippen MR) is 104 cm³/mol. The zero-order valence-electron chi connectivity index (χ0n) is 16.2. The Morgan fingerprint density at radius 1 is 1.04 bits per heavy atom. The number of nitrogens with zero attached hydrogens (tertiary/aromatic N) is 1. The maximum absolute atomic E-state index is 12.6. The van der Waals surface area contributed by atoms with Gasteiger partial charge in [-0.25, -0.2) is 13.2 Å². The van der Waals surface area contributed by atoms with Crippen molar-refractivity contribution in [3.63, 3.8) is 0 Å². The molecule has 0 aliphatic carbocycles. The van der Waals surface area contributed by atoms with Gasteiger partial charge in [0.2, 0.25) is 10.0 Å². The molecule has 0 amide bonds. The highest BCUT2D eigenvalue weighted by atomic mass is 32.2. The molecule has 0 saturated carbocycles. The van der Waals surface area contributed by atoms with Gasteiger partial charge in [-0.3, -0.25) is 4.79 Å². The summed E-state index contributed by atoms with van der Waals surface area (Å²) in [7, 11) is -0.774. The second-order valence-corrected chi connectivity index (χ2v) is 8.37. The van der Waals surface area contributed by atoms with Gasteiger partial charge in [0, 0.05) is 18.7 Å². The van der Waals surface area contributed by atoms with Crippen LogP contribution in [0.5, 0.6) is 5.75 Å². The van der Waals surface area contributed by atoms with Gasteiger partial charge in [0.05, 0.1) is 17.6 Å². The molecule has 0 N–H and O–H groups in total. The van der Waals surface area contributed by atoms with Crippen LogP contribution in [-0.2, 0) is 14.8 Å². The maximum atomic E-state index is 12.6. The largest absolute Gasteiger partial charge is 0.497 e. The molecule has 0 unspecified atom stereocenters. The zero-order chi connectivity index (χ0) is 20.9. The Hall–Kier alpha value is -2.71. The molecule has 0 spiro atoms. The van der Waals surface area contributed by atoms with Gasteiger partial charge in [0.15, 0.2) is 12.4 Å². The van der Waals surface area contributed by atoms with E-state index in [0.717, 1.165) is 0 Å². The Balaban J connectivity index is 2.12. The number of carbonyl (C=O) groups excluding carboxylic acids is 2. The minimum absolute atomic E-state index is 0.0164. The van der Waals surface area contributed by atoms with Gasteiger partial charge in [-0.05, 0) is 44.2 Å². The summed E-state index contributed by atoms with van der Waals surface area (Å²) < 4.78 is 36.5. The topological polar surface area (TPSA) is 90.0 Å². The molecule has 0 aliphatic rings. The van der Waals surface area contributed by atoms with Gasteiger partial charge < -0.3 is 9.47 Å². The fourth-order valence-corrected chi connectivity index (χ4v) is 3.74. The number of rotatable bonds is 8. The van der Waals surface area contributed by atoms with Crippen molar-refractivity contribution in [3.8, 4) is 5.75 Å². The van der Waals surface area contributed by atoms with Gasteiger partial charge in [0.1, 0.15) is 5.75 Å². The summed E-state index contributed by atoms with van der Waals surface area (Å²) in [5.74, 6) is -0.652. The molecule has 0 atom stereocenters. The van der Waals surface area contributed by atoms with E-state index in [1.807, 2.05) is 0 Å². The molecule has 2 aromatic carbocycles. The molecule has 0 aromatic heterocycles. The first-order valence-electron chi connectivity index (χ1n) is 8.59. The highest BCUT2D eigenvalue weighted by Gasteiger charge is 2.24. The van der Waals surface area contributed by atoms with Crippen molar-refractivity contribution in [1.82, 2.24) is 4.31 Å². The molecule has 28 heavy (non-hydrogen) atoms. The van der Waals surface area contributed by atoms with Crippen molar-refractivity contribution in [1.29, 1.82) is 0 Å². The Bertz CT molecular complexity index is 968. The Kier molecular flexibility index (Phi) is 6.93. The van der Waals surface area contributed by atoms with E-state index in [2.05, 4.69) is 0 Å². The molecule has 0 bridgehead atoms. The van der Waals surface area contributed by atoms with Crippen LogP contribution in [0, 0.1) is 0 Å². The fraction of sp³-hybridized carbons (Fsp3) is 0.300. The van der Waals surface area contributed by atoms with Crippen LogP contribution in [0.1, 0.15) is 34.6 Å². The summed E-state index contributed by atoms with van der Waals surface area (Å²) >= 11 is 0. The second kappa shape index (κ2) is 8.99. The molecule has 0 radical (unpaired) electrons. The van der Waals surface area contributed by atoms with E-state index in [1.165, 1.54) is 42.7 Å². The smallest absolute Gasteiger partial charge is 0.338 e. The lowest BCUT2D eigenvalue weighted by molar-refractivity contribution is 0.0474. The number of Topliss-reactive ketones (excluding diaryl/α,β-unsaturated/α-hetero) is 1. The molecule has 2 rings (SSSR count). The number of hydrogen-bond acceptors (Lipinski definition) is 6. The standard InChI is InChI=1S/C20H23NO6S/c1-14(2)21(3)28(24,25)18-10-6-8-16(12-18)20(23)27-13-19(22)15-7-5-9-17(11-15)26-4/h5-12,14H,13H2,1-4H3. The lowest BCUT2D eigenvalue weighted by Crippen LogP contribution is -2.33. The molecule has 0 saturated heterocycles. The average molecular weight is 405 g/mol. The molecule has 8 heteroatoms. The van der Waals surface area contributed by atoms with Crippen LogP contribution in [0.15, 0.2) is 53.4 Å². The van der Waals surface area contributed by atoms with E-state index >= 15 is 0 Å². The molecule has 2 aromatic rings. The molecule has 0 fully saturated rings. The van der Waals surface area contributed by atoms with Crippen LogP contribution in [-0.4, -0.2) is 51.3 Å². The molecule has 0 heterocycles. The summed E-state index contributed by atoms with van der Waals surface area (Å²) in [6.07, 6.45) is 0.